The number of hydrogen-bond acceptors (Lipinski definition) is 4. The van der Waals surface area contributed by atoms with Crippen LogP contribution in [0.5, 0.6) is 0 Å². The number of aliphatic hydroxyl groups excluding tert-OH is 2. The summed E-state index contributed by atoms with van der Waals surface area (Å²) in [6, 6.07) is 35.4. The number of benzene rings is 4. The molecule has 0 unspecified atom stereocenters. The molecule has 1 aliphatic rings. The molecule has 4 aromatic rings. The SMILES string of the molecule is OCCSc1ccc(C2(c3ccc(SCCO)cc3)c3ccccc3Cc3ccccc32)cc1. The second-order valence-electron chi connectivity index (χ2n) is 8.43. The van der Waals surface area contributed by atoms with Gasteiger partial charge in [-0.05, 0) is 64.1 Å². The normalized spacial score (nSPS) is 13.8. The van der Waals surface area contributed by atoms with E-state index in [0.29, 0.717) is 11.5 Å². The molecule has 0 amide bonds. The van der Waals surface area contributed by atoms with Crippen molar-refractivity contribution in [1.29, 1.82) is 0 Å². The van der Waals surface area contributed by atoms with Crippen molar-refractivity contribution in [1.82, 2.24) is 0 Å². The summed E-state index contributed by atoms with van der Waals surface area (Å²) in [5.41, 5.74) is 7.47. The van der Waals surface area contributed by atoms with Crippen LogP contribution in [0, 0.1) is 0 Å². The van der Waals surface area contributed by atoms with Gasteiger partial charge in [0.15, 0.2) is 0 Å². The average Bonchev–Trinajstić information content (AvgIpc) is 2.90. The summed E-state index contributed by atoms with van der Waals surface area (Å²) < 4.78 is 0. The third kappa shape index (κ3) is 4.20. The van der Waals surface area contributed by atoms with Crippen LogP contribution in [0.3, 0.4) is 0 Å². The molecule has 4 aromatic carbocycles. The Morgan fingerprint density at radius 1 is 0.559 bits per heavy atom. The van der Waals surface area contributed by atoms with Crippen molar-refractivity contribution < 1.29 is 10.2 Å². The summed E-state index contributed by atoms with van der Waals surface area (Å²) in [5.74, 6) is 1.40. The number of aliphatic hydroxyl groups is 2. The zero-order chi connectivity index (χ0) is 23.4. The monoisotopic (exact) mass is 484 g/mol. The summed E-state index contributed by atoms with van der Waals surface area (Å²) in [6.07, 6.45) is 0.933. The number of hydrogen-bond donors (Lipinski definition) is 2. The Morgan fingerprint density at radius 2 is 0.971 bits per heavy atom. The van der Waals surface area contributed by atoms with E-state index in [1.165, 1.54) is 43.2 Å². The van der Waals surface area contributed by atoms with Crippen LogP contribution < -0.4 is 0 Å². The van der Waals surface area contributed by atoms with Crippen molar-refractivity contribution in [3.05, 3.63) is 130 Å². The van der Waals surface area contributed by atoms with Crippen LogP contribution in [0.2, 0.25) is 0 Å². The Kier molecular flexibility index (Phi) is 7.12. The van der Waals surface area contributed by atoms with E-state index in [0.717, 1.165) is 6.42 Å². The van der Waals surface area contributed by atoms with Crippen LogP contribution in [0.15, 0.2) is 107 Å². The lowest BCUT2D eigenvalue weighted by atomic mass is 9.60. The third-order valence-electron chi connectivity index (χ3n) is 6.52. The molecule has 0 aliphatic heterocycles. The zero-order valence-corrected chi connectivity index (χ0v) is 20.6. The fourth-order valence-corrected chi connectivity index (χ4v) is 6.46. The number of fused-ring (bicyclic) bond motifs is 2. The van der Waals surface area contributed by atoms with Gasteiger partial charge in [0, 0.05) is 21.3 Å². The minimum atomic E-state index is -0.411. The van der Waals surface area contributed by atoms with Crippen molar-refractivity contribution >= 4 is 23.5 Å². The summed E-state index contributed by atoms with van der Waals surface area (Å²) in [5, 5.41) is 18.5. The summed E-state index contributed by atoms with van der Waals surface area (Å²) in [6.45, 7) is 0.357. The molecule has 34 heavy (non-hydrogen) atoms. The first kappa shape index (κ1) is 23.3. The van der Waals surface area contributed by atoms with E-state index >= 15 is 0 Å². The molecular formula is C30H28O2S2. The molecule has 0 saturated carbocycles. The minimum absolute atomic E-state index is 0.178. The van der Waals surface area contributed by atoms with Crippen LogP contribution in [-0.2, 0) is 11.8 Å². The second-order valence-corrected chi connectivity index (χ2v) is 10.8. The Hall–Kier alpha value is -2.50. The topological polar surface area (TPSA) is 40.5 Å². The first-order valence-corrected chi connectivity index (χ1v) is 13.6. The summed E-state index contributed by atoms with van der Waals surface area (Å²) >= 11 is 3.36. The number of thioether (sulfide) groups is 2. The van der Waals surface area contributed by atoms with Crippen molar-refractivity contribution in [2.75, 3.05) is 24.7 Å². The Bertz CT molecular complexity index is 1150. The lowest BCUT2D eigenvalue weighted by molar-refractivity contribution is 0.322. The molecule has 0 fully saturated rings. The van der Waals surface area contributed by atoms with Crippen molar-refractivity contribution in [2.45, 2.75) is 21.6 Å². The van der Waals surface area contributed by atoms with E-state index in [-0.39, 0.29) is 13.2 Å². The van der Waals surface area contributed by atoms with Crippen LogP contribution in [0.25, 0.3) is 0 Å². The number of rotatable bonds is 8. The maximum atomic E-state index is 9.23. The van der Waals surface area contributed by atoms with Crippen molar-refractivity contribution in [2.24, 2.45) is 0 Å². The minimum Gasteiger partial charge on any atom is -0.396 e. The van der Waals surface area contributed by atoms with E-state index in [4.69, 9.17) is 0 Å². The fraction of sp³-hybridized carbons (Fsp3) is 0.200. The van der Waals surface area contributed by atoms with Gasteiger partial charge in [-0.15, -0.1) is 23.5 Å². The van der Waals surface area contributed by atoms with Gasteiger partial charge in [-0.3, -0.25) is 0 Å². The molecule has 172 valence electrons. The van der Waals surface area contributed by atoms with E-state index in [1.807, 2.05) is 0 Å². The van der Waals surface area contributed by atoms with Crippen LogP contribution in [-0.4, -0.2) is 34.9 Å². The first-order chi connectivity index (χ1) is 16.8. The molecule has 4 heteroatoms. The molecule has 2 N–H and O–H groups in total. The summed E-state index contributed by atoms with van der Waals surface area (Å²) in [7, 11) is 0. The fourth-order valence-electron chi connectivity index (χ4n) is 5.15. The molecule has 0 heterocycles. The maximum absolute atomic E-state index is 9.23. The molecule has 1 aliphatic carbocycles. The van der Waals surface area contributed by atoms with Gasteiger partial charge >= 0.3 is 0 Å². The zero-order valence-electron chi connectivity index (χ0n) is 19.0. The highest BCUT2D eigenvalue weighted by Crippen LogP contribution is 2.51. The van der Waals surface area contributed by atoms with Crippen LogP contribution in [0.4, 0.5) is 0 Å². The lowest BCUT2D eigenvalue weighted by Crippen LogP contribution is -2.36. The largest absolute Gasteiger partial charge is 0.396 e. The Balaban J connectivity index is 1.74. The highest BCUT2D eigenvalue weighted by atomic mass is 32.2. The van der Waals surface area contributed by atoms with E-state index in [2.05, 4.69) is 97.1 Å². The molecule has 0 atom stereocenters. The van der Waals surface area contributed by atoms with Gasteiger partial charge in [0.1, 0.15) is 0 Å². The molecule has 5 rings (SSSR count). The summed E-state index contributed by atoms with van der Waals surface area (Å²) in [4.78, 5) is 2.34. The molecular weight excluding hydrogens is 456 g/mol. The van der Waals surface area contributed by atoms with E-state index in [9.17, 15) is 10.2 Å². The first-order valence-electron chi connectivity index (χ1n) is 11.6. The molecule has 0 spiro atoms. The predicted octanol–water partition coefficient (Wildman–Crippen LogP) is 6.14. The van der Waals surface area contributed by atoms with Crippen LogP contribution in [0.1, 0.15) is 33.4 Å². The van der Waals surface area contributed by atoms with Crippen molar-refractivity contribution in [3.63, 3.8) is 0 Å². The molecule has 0 aromatic heterocycles. The van der Waals surface area contributed by atoms with Gasteiger partial charge in [-0.2, -0.15) is 0 Å². The van der Waals surface area contributed by atoms with Gasteiger partial charge in [0.2, 0.25) is 0 Å². The Labute approximate surface area is 210 Å². The van der Waals surface area contributed by atoms with Gasteiger partial charge in [-0.25, -0.2) is 0 Å². The van der Waals surface area contributed by atoms with Gasteiger partial charge < -0.3 is 10.2 Å². The molecule has 0 radical (unpaired) electrons. The standard InChI is InChI=1S/C30H28O2S2/c31-17-19-33-26-13-9-24(10-14-26)30(25-11-15-27(16-12-25)34-20-18-32)28-7-3-1-5-22(28)21-23-6-2-4-8-29(23)30/h1-16,31-32H,17-21H2. The molecule has 2 nitrogen and oxygen atoms in total. The quantitative estimate of drug-likeness (QED) is 0.260. The Morgan fingerprint density at radius 3 is 1.38 bits per heavy atom. The maximum Gasteiger partial charge on any atom is 0.0707 e. The van der Waals surface area contributed by atoms with Gasteiger partial charge in [0.05, 0.1) is 18.6 Å². The van der Waals surface area contributed by atoms with Crippen LogP contribution >= 0.6 is 23.5 Å². The highest BCUT2D eigenvalue weighted by Gasteiger charge is 2.43. The van der Waals surface area contributed by atoms with Gasteiger partial charge in [0.25, 0.3) is 0 Å². The predicted molar refractivity (Wildman–Crippen MR) is 143 cm³/mol. The highest BCUT2D eigenvalue weighted by molar-refractivity contribution is 7.99. The molecule has 0 bridgehead atoms. The lowest BCUT2D eigenvalue weighted by Gasteiger charge is -2.42. The van der Waals surface area contributed by atoms with Crippen molar-refractivity contribution in [3.8, 4) is 0 Å². The smallest absolute Gasteiger partial charge is 0.0707 e. The average molecular weight is 485 g/mol. The van der Waals surface area contributed by atoms with E-state index < -0.39 is 5.41 Å². The third-order valence-corrected chi connectivity index (χ3v) is 8.50. The molecule has 0 saturated heterocycles. The van der Waals surface area contributed by atoms with E-state index in [1.54, 1.807) is 23.5 Å². The second kappa shape index (κ2) is 10.4. The van der Waals surface area contributed by atoms with Gasteiger partial charge in [-0.1, -0.05) is 72.8 Å².